The quantitative estimate of drug-likeness (QED) is 0.521. The fourth-order valence-corrected chi connectivity index (χ4v) is 6.22. The van der Waals surface area contributed by atoms with Crippen molar-refractivity contribution in [2.45, 2.75) is 62.3 Å². The highest BCUT2D eigenvalue weighted by Gasteiger charge is 2.42. The maximum absolute atomic E-state index is 6.35. The van der Waals surface area contributed by atoms with Crippen molar-refractivity contribution in [1.82, 2.24) is 9.97 Å². The van der Waals surface area contributed by atoms with Gasteiger partial charge in [-0.15, -0.1) is 0 Å². The number of nitrogens with zero attached hydrogens (tertiary/aromatic N) is 3. The molecule has 1 spiro atoms. The molecule has 2 fully saturated rings. The fraction of sp³-hybridized carbons (Fsp3) is 0.545. The molecule has 0 unspecified atom stereocenters. The first-order chi connectivity index (χ1) is 13.5. The minimum Gasteiger partial charge on any atom is -0.355 e. The Morgan fingerprint density at radius 3 is 2.68 bits per heavy atom. The molecule has 2 aromatic rings. The van der Waals surface area contributed by atoms with Crippen LogP contribution < -0.4 is 4.90 Å². The molecule has 1 aromatic carbocycles. The summed E-state index contributed by atoms with van der Waals surface area (Å²) in [6, 6.07) is 5.69. The Balaban J connectivity index is 1.50. The standard InChI is InChI=1S/C22H27Cl2N3S/c1-3-17-21(28-18-8-4-7-16(23)20(18)24)25-14-19(26-17)27-12-10-22(11-13-27)9-5-6-15(22)2/h4,7-8,14-15H,3,5-6,9-13H2,1-2H3/t15-/m1/s1. The van der Waals surface area contributed by atoms with Gasteiger partial charge in [0, 0.05) is 18.0 Å². The number of hydrogen-bond donors (Lipinski definition) is 0. The highest BCUT2D eigenvalue weighted by atomic mass is 35.5. The third-order valence-electron chi connectivity index (χ3n) is 6.69. The number of aromatic nitrogens is 2. The van der Waals surface area contributed by atoms with Crippen LogP contribution >= 0.6 is 35.0 Å². The predicted octanol–water partition coefficient (Wildman–Crippen LogP) is 6.90. The Hall–Kier alpha value is -0.970. The molecule has 1 saturated carbocycles. The second kappa shape index (κ2) is 8.41. The van der Waals surface area contributed by atoms with Gasteiger partial charge >= 0.3 is 0 Å². The summed E-state index contributed by atoms with van der Waals surface area (Å²) >= 11 is 14.0. The Morgan fingerprint density at radius 2 is 2.00 bits per heavy atom. The summed E-state index contributed by atoms with van der Waals surface area (Å²) in [5.74, 6) is 1.88. The molecule has 4 rings (SSSR count). The molecule has 28 heavy (non-hydrogen) atoms. The topological polar surface area (TPSA) is 29.0 Å². The molecule has 1 atom stereocenters. The lowest BCUT2D eigenvalue weighted by atomic mass is 9.71. The van der Waals surface area contributed by atoms with Crippen molar-refractivity contribution >= 4 is 40.8 Å². The first kappa shape index (κ1) is 20.3. The minimum atomic E-state index is 0.567. The van der Waals surface area contributed by atoms with Crippen LogP contribution in [0.5, 0.6) is 0 Å². The van der Waals surface area contributed by atoms with E-state index in [0.717, 1.165) is 46.9 Å². The molecule has 1 aliphatic heterocycles. The SMILES string of the molecule is CCc1nc(N2CCC3(CCC[C@H]3C)CC2)cnc1Sc1cccc(Cl)c1Cl. The minimum absolute atomic E-state index is 0.567. The van der Waals surface area contributed by atoms with Gasteiger partial charge in [-0.05, 0) is 49.1 Å². The zero-order valence-corrected chi connectivity index (χ0v) is 18.9. The Kier molecular flexibility index (Phi) is 6.10. The summed E-state index contributed by atoms with van der Waals surface area (Å²) in [6.45, 7) is 6.76. The Morgan fingerprint density at radius 1 is 1.21 bits per heavy atom. The van der Waals surface area contributed by atoms with E-state index in [4.69, 9.17) is 33.2 Å². The third-order valence-corrected chi connectivity index (χ3v) is 8.72. The zero-order chi connectivity index (χ0) is 19.7. The number of hydrogen-bond acceptors (Lipinski definition) is 4. The van der Waals surface area contributed by atoms with E-state index in [9.17, 15) is 0 Å². The van der Waals surface area contributed by atoms with Crippen molar-refractivity contribution in [1.29, 1.82) is 0 Å². The van der Waals surface area contributed by atoms with Crippen molar-refractivity contribution in [3.63, 3.8) is 0 Å². The van der Waals surface area contributed by atoms with Crippen LogP contribution in [0.2, 0.25) is 10.0 Å². The number of piperidine rings is 1. The average molecular weight is 436 g/mol. The van der Waals surface area contributed by atoms with Gasteiger partial charge in [0.1, 0.15) is 10.8 Å². The Labute approximate surface area is 182 Å². The summed E-state index contributed by atoms with van der Waals surface area (Å²) in [7, 11) is 0. The molecule has 0 N–H and O–H groups in total. The van der Waals surface area contributed by atoms with Gasteiger partial charge in [0.05, 0.1) is 21.9 Å². The van der Waals surface area contributed by atoms with E-state index in [-0.39, 0.29) is 0 Å². The van der Waals surface area contributed by atoms with E-state index >= 15 is 0 Å². The second-order valence-electron chi connectivity index (χ2n) is 8.13. The van der Waals surface area contributed by atoms with Gasteiger partial charge in [-0.2, -0.15) is 0 Å². The van der Waals surface area contributed by atoms with Crippen LogP contribution in [0.1, 0.15) is 51.6 Å². The zero-order valence-electron chi connectivity index (χ0n) is 16.5. The molecular weight excluding hydrogens is 409 g/mol. The maximum atomic E-state index is 6.35. The number of benzene rings is 1. The molecule has 2 heterocycles. The molecule has 1 aromatic heterocycles. The van der Waals surface area contributed by atoms with E-state index in [1.165, 1.54) is 32.1 Å². The van der Waals surface area contributed by atoms with Crippen LogP contribution in [0.4, 0.5) is 5.82 Å². The summed E-state index contributed by atoms with van der Waals surface area (Å²) < 4.78 is 0. The highest BCUT2D eigenvalue weighted by Crippen LogP contribution is 2.50. The van der Waals surface area contributed by atoms with Crippen molar-refractivity contribution in [2.24, 2.45) is 11.3 Å². The molecule has 6 heteroatoms. The van der Waals surface area contributed by atoms with Crippen LogP contribution in [0.25, 0.3) is 0 Å². The lowest BCUT2D eigenvalue weighted by Crippen LogP contribution is -2.41. The molecule has 1 saturated heterocycles. The lowest BCUT2D eigenvalue weighted by molar-refractivity contribution is 0.161. The van der Waals surface area contributed by atoms with Gasteiger partial charge in [0.2, 0.25) is 0 Å². The number of anilines is 1. The normalized spacial score (nSPS) is 21.4. The van der Waals surface area contributed by atoms with E-state index in [1.807, 2.05) is 18.3 Å². The number of aryl methyl sites for hydroxylation is 1. The third kappa shape index (κ3) is 3.88. The van der Waals surface area contributed by atoms with Crippen LogP contribution in [0, 0.1) is 11.3 Å². The van der Waals surface area contributed by atoms with E-state index in [0.29, 0.717) is 15.5 Å². The summed E-state index contributed by atoms with van der Waals surface area (Å²) in [5.41, 5.74) is 1.60. The molecule has 0 amide bonds. The van der Waals surface area contributed by atoms with Crippen molar-refractivity contribution in [2.75, 3.05) is 18.0 Å². The van der Waals surface area contributed by atoms with Crippen LogP contribution in [-0.4, -0.2) is 23.1 Å². The number of halogens is 2. The van der Waals surface area contributed by atoms with E-state index < -0.39 is 0 Å². The monoisotopic (exact) mass is 435 g/mol. The predicted molar refractivity (Wildman–Crippen MR) is 119 cm³/mol. The molecule has 150 valence electrons. The summed E-state index contributed by atoms with van der Waals surface area (Å²) in [4.78, 5) is 13.1. The van der Waals surface area contributed by atoms with Gasteiger partial charge in [-0.25, -0.2) is 9.97 Å². The largest absolute Gasteiger partial charge is 0.355 e. The van der Waals surface area contributed by atoms with Crippen LogP contribution in [0.3, 0.4) is 0 Å². The van der Waals surface area contributed by atoms with Crippen molar-refractivity contribution in [3.05, 3.63) is 40.1 Å². The summed E-state index contributed by atoms with van der Waals surface area (Å²) in [5, 5.41) is 2.06. The van der Waals surface area contributed by atoms with Gasteiger partial charge in [0.25, 0.3) is 0 Å². The van der Waals surface area contributed by atoms with Gasteiger partial charge in [-0.1, -0.05) is 67.7 Å². The molecular formula is C22H27Cl2N3S. The fourth-order valence-electron chi connectivity index (χ4n) is 4.78. The highest BCUT2D eigenvalue weighted by molar-refractivity contribution is 7.99. The molecule has 1 aliphatic carbocycles. The maximum Gasteiger partial charge on any atom is 0.147 e. The van der Waals surface area contributed by atoms with Crippen molar-refractivity contribution < 1.29 is 0 Å². The number of rotatable bonds is 4. The van der Waals surface area contributed by atoms with Crippen LogP contribution in [-0.2, 0) is 6.42 Å². The molecule has 0 radical (unpaired) electrons. The molecule has 2 aliphatic rings. The second-order valence-corrected chi connectivity index (χ2v) is 9.95. The van der Waals surface area contributed by atoms with E-state index in [1.54, 1.807) is 17.8 Å². The average Bonchev–Trinajstić information content (AvgIpc) is 3.06. The molecule has 3 nitrogen and oxygen atoms in total. The van der Waals surface area contributed by atoms with Gasteiger partial charge in [0.15, 0.2) is 0 Å². The first-order valence-corrected chi connectivity index (χ1v) is 11.8. The van der Waals surface area contributed by atoms with E-state index in [2.05, 4.69) is 18.7 Å². The Bertz CT molecular complexity index is 850. The van der Waals surface area contributed by atoms with Gasteiger partial charge in [-0.3, -0.25) is 0 Å². The summed E-state index contributed by atoms with van der Waals surface area (Å²) in [6.07, 6.45) is 9.55. The smallest absolute Gasteiger partial charge is 0.147 e. The van der Waals surface area contributed by atoms with Gasteiger partial charge < -0.3 is 4.90 Å². The van der Waals surface area contributed by atoms with Crippen LogP contribution in [0.15, 0.2) is 34.3 Å². The molecule has 0 bridgehead atoms. The lowest BCUT2D eigenvalue weighted by Gasteiger charge is -2.42. The first-order valence-electron chi connectivity index (χ1n) is 10.2. The van der Waals surface area contributed by atoms with Crippen molar-refractivity contribution in [3.8, 4) is 0 Å².